The van der Waals surface area contributed by atoms with Crippen LogP contribution in [0.5, 0.6) is 0 Å². The normalized spacial score (nSPS) is 11.5. The molecule has 0 aliphatic rings. The second-order valence-electron chi connectivity index (χ2n) is 6.35. The van der Waals surface area contributed by atoms with Crippen LogP contribution in [0.25, 0.3) is 11.4 Å². The highest BCUT2D eigenvalue weighted by molar-refractivity contribution is 7.89. The van der Waals surface area contributed by atoms with Crippen LogP contribution in [0.3, 0.4) is 0 Å². The van der Waals surface area contributed by atoms with Crippen LogP contribution in [0.4, 0.5) is 5.69 Å². The molecule has 9 heteroatoms. The minimum atomic E-state index is -3.77. The summed E-state index contributed by atoms with van der Waals surface area (Å²) in [6, 6.07) is 13.7. The zero-order valence-corrected chi connectivity index (χ0v) is 18.1. The summed E-state index contributed by atoms with van der Waals surface area (Å²) >= 11 is 6.13. The van der Waals surface area contributed by atoms with E-state index in [1.165, 1.54) is 28.8 Å². The Morgan fingerprint density at radius 2 is 1.67 bits per heavy atom. The average Bonchev–Trinajstić information content (AvgIpc) is 2.76. The van der Waals surface area contributed by atoms with Gasteiger partial charge in [0, 0.05) is 36.7 Å². The standard InChI is InChI=1S/C21H21ClN4O3S/c1-3-26(4-2)30(28,29)19-12-17(10-11-18(19)22)25-21(27)16-13-23-20(24-14-16)15-8-6-5-7-9-15/h5-14H,3-4H2,1-2H3,(H,25,27). The van der Waals surface area contributed by atoms with Gasteiger partial charge < -0.3 is 5.32 Å². The molecular weight excluding hydrogens is 424 g/mol. The van der Waals surface area contributed by atoms with E-state index in [1.54, 1.807) is 19.9 Å². The summed E-state index contributed by atoms with van der Waals surface area (Å²) in [5.74, 6) is 0.0503. The molecule has 2 aromatic carbocycles. The molecular formula is C21H21ClN4O3S. The number of carbonyl (C=O) groups excluding carboxylic acids is 1. The molecule has 0 aliphatic heterocycles. The van der Waals surface area contributed by atoms with Crippen molar-refractivity contribution < 1.29 is 13.2 Å². The van der Waals surface area contributed by atoms with E-state index in [9.17, 15) is 13.2 Å². The number of hydrogen-bond donors (Lipinski definition) is 1. The molecule has 0 bridgehead atoms. The maximum Gasteiger partial charge on any atom is 0.258 e. The molecule has 1 heterocycles. The molecule has 0 saturated carbocycles. The zero-order chi connectivity index (χ0) is 21.7. The minimum absolute atomic E-state index is 0.0543. The Labute approximate surface area is 180 Å². The van der Waals surface area contributed by atoms with E-state index in [4.69, 9.17) is 11.6 Å². The van der Waals surface area contributed by atoms with Crippen LogP contribution in [-0.4, -0.2) is 41.7 Å². The molecule has 3 aromatic rings. The summed E-state index contributed by atoms with van der Waals surface area (Å²) in [5.41, 5.74) is 1.40. The smallest absolute Gasteiger partial charge is 0.258 e. The Bertz CT molecular complexity index is 1130. The van der Waals surface area contributed by atoms with Crippen LogP contribution in [0.2, 0.25) is 5.02 Å². The highest BCUT2D eigenvalue weighted by atomic mass is 35.5. The minimum Gasteiger partial charge on any atom is -0.322 e. The van der Waals surface area contributed by atoms with Gasteiger partial charge in [-0.1, -0.05) is 55.8 Å². The molecule has 3 rings (SSSR count). The van der Waals surface area contributed by atoms with Gasteiger partial charge in [-0.2, -0.15) is 4.31 Å². The molecule has 0 atom stereocenters. The van der Waals surface area contributed by atoms with Crippen molar-refractivity contribution >= 4 is 33.2 Å². The van der Waals surface area contributed by atoms with Crippen LogP contribution in [0.1, 0.15) is 24.2 Å². The molecule has 1 aromatic heterocycles. The van der Waals surface area contributed by atoms with Crippen molar-refractivity contribution in [1.82, 2.24) is 14.3 Å². The highest BCUT2D eigenvalue weighted by Gasteiger charge is 2.25. The van der Waals surface area contributed by atoms with Crippen molar-refractivity contribution in [2.75, 3.05) is 18.4 Å². The van der Waals surface area contributed by atoms with Crippen molar-refractivity contribution in [1.29, 1.82) is 0 Å². The predicted octanol–water partition coefficient (Wildman–Crippen LogP) is 4.08. The number of amides is 1. The number of halogens is 1. The first-order valence-electron chi connectivity index (χ1n) is 9.35. The van der Waals surface area contributed by atoms with E-state index in [2.05, 4.69) is 15.3 Å². The number of anilines is 1. The van der Waals surface area contributed by atoms with Crippen molar-refractivity contribution in [3.05, 3.63) is 71.5 Å². The topological polar surface area (TPSA) is 92.3 Å². The summed E-state index contributed by atoms with van der Waals surface area (Å²) in [7, 11) is -3.77. The van der Waals surface area contributed by atoms with Crippen molar-refractivity contribution in [3.63, 3.8) is 0 Å². The molecule has 0 aliphatic carbocycles. The van der Waals surface area contributed by atoms with Gasteiger partial charge in [0.2, 0.25) is 10.0 Å². The molecule has 156 valence electrons. The fourth-order valence-corrected chi connectivity index (χ4v) is 4.82. The van der Waals surface area contributed by atoms with E-state index in [1.807, 2.05) is 30.3 Å². The summed E-state index contributed by atoms with van der Waals surface area (Å²) in [5, 5.41) is 2.76. The molecule has 1 amide bonds. The van der Waals surface area contributed by atoms with E-state index in [0.29, 0.717) is 24.6 Å². The van der Waals surface area contributed by atoms with E-state index in [-0.39, 0.29) is 15.5 Å². The van der Waals surface area contributed by atoms with Gasteiger partial charge in [0.05, 0.1) is 10.6 Å². The summed E-state index contributed by atoms with van der Waals surface area (Å²) in [4.78, 5) is 21.0. The largest absolute Gasteiger partial charge is 0.322 e. The van der Waals surface area contributed by atoms with Crippen LogP contribution in [0, 0.1) is 0 Å². The van der Waals surface area contributed by atoms with Crippen LogP contribution in [0.15, 0.2) is 65.8 Å². The average molecular weight is 445 g/mol. The van der Waals surface area contributed by atoms with E-state index >= 15 is 0 Å². The van der Waals surface area contributed by atoms with Crippen LogP contribution >= 0.6 is 11.6 Å². The second kappa shape index (κ2) is 9.34. The first-order valence-corrected chi connectivity index (χ1v) is 11.2. The van der Waals surface area contributed by atoms with Crippen molar-refractivity contribution in [3.8, 4) is 11.4 Å². The summed E-state index contributed by atoms with van der Waals surface area (Å²) in [6.45, 7) is 4.13. The lowest BCUT2D eigenvalue weighted by Gasteiger charge is -2.19. The van der Waals surface area contributed by atoms with E-state index in [0.717, 1.165) is 5.56 Å². The lowest BCUT2D eigenvalue weighted by molar-refractivity contribution is 0.102. The number of benzene rings is 2. The zero-order valence-electron chi connectivity index (χ0n) is 16.5. The third-order valence-electron chi connectivity index (χ3n) is 4.46. The fraction of sp³-hybridized carbons (Fsp3) is 0.190. The SMILES string of the molecule is CCN(CC)S(=O)(=O)c1cc(NC(=O)c2cnc(-c3ccccc3)nc2)ccc1Cl. The van der Waals surface area contributed by atoms with Gasteiger partial charge in [-0.25, -0.2) is 18.4 Å². The molecule has 0 fully saturated rings. The van der Waals surface area contributed by atoms with Gasteiger partial charge in [0.15, 0.2) is 5.82 Å². The number of rotatable bonds is 7. The predicted molar refractivity (Wildman–Crippen MR) is 117 cm³/mol. The molecule has 0 spiro atoms. The van der Waals surface area contributed by atoms with Gasteiger partial charge in [0.1, 0.15) is 4.90 Å². The van der Waals surface area contributed by atoms with Gasteiger partial charge in [-0.15, -0.1) is 0 Å². The molecule has 0 unspecified atom stereocenters. The molecule has 7 nitrogen and oxygen atoms in total. The Morgan fingerprint density at radius 3 is 2.27 bits per heavy atom. The lowest BCUT2D eigenvalue weighted by atomic mass is 10.2. The Hall–Kier alpha value is -2.81. The highest BCUT2D eigenvalue weighted by Crippen LogP contribution is 2.28. The molecule has 0 saturated heterocycles. The quantitative estimate of drug-likeness (QED) is 0.592. The molecule has 1 N–H and O–H groups in total. The Balaban J connectivity index is 1.82. The number of nitrogens with one attached hydrogen (secondary N) is 1. The number of hydrogen-bond acceptors (Lipinski definition) is 5. The Kier molecular flexibility index (Phi) is 6.81. The van der Waals surface area contributed by atoms with Gasteiger partial charge >= 0.3 is 0 Å². The van der Waals surface area contributed by atoms with Gasteiger partial charge in [-0.05, 0) is 18.2 Å². The number of aromatic nitrogens is 2. The first kappa shape index (κ1) is 21.9. The van der Waals surface area contributed by atoms with Gasteiger partial charge in [-0.3, -0.25) is 4.79 Å². The third-order valence-corrected chi connectivity index (χ3v) is 6.99. The van der Waals surface area contributed by atoms with Crippen LogP contribution in [-0.2, 0) is 10.0 Å². The summed E-state index contributed by atoms with van der Waals surface area (Å²) < 4.78 is 26.9. The summed E-state index contributed by atoms with van der Waals surface area (Å²) in [6.07, 6.45) is 2.85. The van der Waals surface area contributed by atoms with Crippen molar-refractivity contribution in [2.24, 2.45) is 0 Å². The number of sulfonamides is 1. The fourth-order valence-electron chi connectivity index (χ4n) is 2.87. The van der Waals surface area contributed by atoms with Gasteiger partial charge in [0.25, 0.3) is 5.91 Å². The molecule has 30 heavy (non-hydrogen) atoms. The molecule has 0 radical (unpaired) electrons. The number of nitrogens with zero attached hydrogens (tertiary/aromatic N) is 3. The van der Waals surface area contributed by atoms with Crippen molar-refractivity contribution in [2.45, 2.75) is 18.7 Å². The second-order valence-corrected chi connectivity index (χ2v) is 8.66. The maximum absolute atomic E-state index is 12.8. The number of carbonyl (C=O) groups is 1. The van der Waals surface area contributed by atoms with E-state index < -0.39 is 15.9 Å². The maximum atomic E-state index is 12.8. The van der Waals surface area contributed by atoms with Crippen LogP contribution < -0.4 is 5.32 Å². The monoisotopic (exact) mass is 444 g/mol. The lowest BCUT2D eigenvalue weighted by Crippen LogP contribution is -2.30. The third kappa shape index (κ3) is 4.67. The first-order chi connectivity index (χ1) is 14.4. The Morgan fingerprint density at radius 1 is 1.03 bits per heavy atom.